The van der Waals surface area contributed by atoms with Crippen molar-refractivity contribution in [2.45, 2.75) is 50.8 Å². The van der Waals surface area contributed by atoms with E-state index in [0.717, 1.165) is 31.4 Å². The van der Waals surface area contributed by atoms with Gasteiger partial charge < -0.3 is 21.4 Å². The molecule has 5 nitrogen and oxygen atoms in total. The van der Waals surface area contributed by atoms with E-state index < -0.39 is 0 Å². The predicted octanol–water partition coefficient (Wildman–Crippen LogP) is 1.56. The van der Waals surface area contributed by atoms with Crippen molar-refractivity contribution in [2.75, 3.05) is 0 Å². The number of hydrogen-bond acceptors (Lipinski definition) is 4. The zero-order chi connectivity index (χ0) is 14.4. The first-order valence-corrected chi connectivity index (χ1v) is 7.19. The van der Waals surface area contributed by atoms with E-state index in [2.05, 4.69) is 10.5 Å². The number of aliphatic hydroxyl groups is 1. The van der Waals surface area contributed by atoms with Crippen molar-refractivity contribution in [3.05, 3.63) is 35.4 Å². The molecule has 0 heterocycles. The molecule has 0 aromatic heterocycles. The molecule has 2 rings (SSSR count). The highest BCUT2D eigenvalue weighted by molar-refractivity contribution is 5.96. The van der Waals surface area contributed by atoms with Crippen molar-refractivity contribution < 1.29 is 10.3 Å². The van der Waals surface area contributed by atoms with Gasteiger partial charge in [-0.05, 0) is 18.4 Å². The van der Waals surface area contributed by atoms with Crippen LogP contribution in [0.2, 0.25) is 0 Å². The largest absolute Gasteiger partial charge is 0.409 e. The Hall–Kier alpha value is -1.59. The first-order chi connectivity index (χ1) is 9.70. The Balaban J connectivity index is 1.90. The third-order valence-corrected chi connectivity index (χ3v) is 3.91. The molecule has 110 valence electrons. The van der Waals surface area contributed by atoms with Crippen molar-refractivity contribution >= 4 is 5.84 Å². The summed E-state index contributed by atoms with van der Waals surface area (Å²) < 4.78 is 0. The molecule has 2 unspecified atom stereocenters. The standard InChI is InChI=1S/C15H23N3O2/c16-15(18-20)12-8-6-11(7-9-12)10-17-13-4-2-1-3-5-14(13)19/h6-9,13-14,17,19-20H,1-5,10H2,(H2,16,18). The Kier molecular flexibility index (Phi) is 5.38. The van der Waals surface area contributed by atoms with Crippen LogP contribution in [0, 0.1) is 0 Å². The normalized spacial score (nSPS) is 24.4. The maximum absolute atomic E-state index is 10.1. The van der Waals surface area contributed by atoms with Gasteiger partial charge in [-0.15, -0.1) is 0 Å². The van der Waals surface area contributed by atoms with Gasteiger partial charge in [-0.1, -0.05) is 48.7 Å². The Morgan fingerprint density at radius 3 is 2.60 bits per heavy atom. The van der Waals surface area contributed by atoms with E-state index in [1.54, 1.807) is 0 Å². The molecule has 2 atom stereocenters. The lowest BCUT2D eigenvalue weighted by Crippen LogP contribution is -2.38. The van der Waals surface area contributed by atoms with E-state index in [4.69, 9.17) is 10.9 Å². The van der Waals surface area contributed by atoms with E-state index in [1.807, 2.05) is 24.3 Å². The number of hydrogen-bond donors (Lipinski definition) is 4. The van der Waals surface area contributed by atoms with Crippen LogP contribution in [-0.4, -0.2) is 28.3 Å². The lowest BCUT2D eigenvalue weighted by Gasteiger charge is -2.21. The molecule has 1 fully saturated rings. The quantitative estimate of drug-likeness (QED) is 0.221. The summed E-state index contributed by atoms with van der Waals surface area (Å²) in [5, 5.41) is 25.1. The van der Waals surface area contributed by atoms with Crippen molar-refractivity contribution in [2.24, 2.45) is 10.9 Å². The van der Waals surface area contributed by atoms with E-state index in [0.29, 0.717) is 5.56 Å². The molecule has 0 saturated heterocycles. The SMILES string of the molecule is N/C(=N/O)c1ccc(CNC2CCCCCC2O)cc1. The Morgan fingerprint density at radius 1 is 1.20 bits per heavy atom. The molecule has 0 amide bonds. The maximum Gasteiger partial charge on any atom is 0.170 e. The molecule has 5 heteroatoms. The zero-order valence-corrected chi connectivity index (χ0v) is 11.6. The maximum atomic E-state index is 10.1. The van der Waals surface area contributed by atoms with Crippen LogP contribution >= 0.6 is 0 Å². The second-order valence-electron chi connectivity index (χ2n) is 5.37. The van der Waals surface area contributed by atoms with E-state index in [9.17, 15) is 5.11 Å². The average Bonchev–Trinajstić information content (AvgIpc) is 2.69. The highest BCUT2D eigenvalue weighted by atomic mass is 16.4. The molecule has 1 saturated carbocycles. The van der Waals surface area contributed by atoms with Crippen LogP contribution in [0.25, 0.3) is 0 Å². The molecule has 0 radical (unpaired) electrons. The molecule has 1 aromatic rings. The van der Waals surface area contributed by atoms with Crippen molar-refractivity contribution in [1.29, 1.82) is 0 Å². The number of nitrogens with one attached hydrogen (secondary N) is 1. The molecular weight excluding hydrogens is 254 g/mol. The molecule has 20 heavy (non-hydrogen) atoms. The second-order valence-corrected chi connectivity index (χ2v) is 5.37. The zero-order valence-electron chi connectivity index (χ0n) is 11.6. The van der Waals surface area contributed by atoms with Gasteiger partial charge in [0.05, 0.1) is 6.10 Å². The second kappa shape index (κ2) is 7.26. The van der Waals surface area contributed by atoms with Crippen LogP contribution in [0.15, 0.2) is 29.4 Å². The lowest BCUT2D eigenvalue weighted by molar-refractivity contribution is 0.119. The number of nitrogens with zero attached hydrogens (tertiary/aromatic N) is 1. The van der Waals surface area contributed by atoms with Crippen LogP contribution in [0.4, 0.5) is 0 Å². The van der Waals surface area contributed by atoms with Gasteiger partial charge in [-0.3, -0.25) is 0 Å². The fraction of sp³-hybridized carbons (Fsp3) is 0.533. The Morgan fingerprint density at radius 2 is 1.90 bits per heavy atom. The molecular formula is C15H23N3O2. The number of aliphatic hydroxyl groups excluding tert-OH is 1. The number of amidine groups is 1. The lowest BCUT2D eigenvalue weighted by atomic mass is 10.1. The number of rotatable bonds is 4. The van der Waals surface area contributed by atoms with Crippen molar-refractivity contribution in [3.63, 3.8) is 0 Å². The fourth-order valence-electron chi connectivity index (χ4n) is 2.63. The van der Waals surface area contributed by atoms with Gasteiger partial charge >= 0.3 is 0 Å². The highest BCUT2D eigenvalue weighted by Crippen LogP contribution is 2.18. The average molecular weight is 277 g/mol. The van der Waals surface area contributed by atoms with Gasteiger partial charge in [0.25, 0.3) is 0 Å². The fourth-order valence-corrected chi connectivity index (χ4v) is 2.63. The summed E-state index contributed by atoms with van der Waals surface area (Å²) in [7, 11) is 0. The van der Waals surface area contributed by atoms with Crippen LogP contribution in [-0.2, 0) is 6.54 Å². The topological polar surface area (TPSA) is 90.9 Å². The smallest absolute Gasteiger partial charge is 0.170 e. The van der Waals surface area contributed by atoms with Gasteiger partial charge in [0.15, 0.2) is 5.84 Å². The van der Waals surface area contributed by atoms with Crippen molar-refractivity contribution in [3.8, 4) is 0 Å². The summed E-state index contributed by atoms with van der Waals surface area (Å²) in [6, 6.07) is 7.74. The van der Waals surface area contributed by atoms with Gasteiger partial charge in [-0.25, -0.2) is 0 Å². The van der Waals surface area contributed by atoms with Gasteiger partial charge in [0, 0.05) is 18.2 Å². The van der Waals surface area contributed by atoms with Gasteiger partial charge in [-0.2, -0.15) is 0 Å². The highest BCUT2D eigenvalue weighted by Gasteiger charge is 2.20. The first kappa shape index (κ1) is 14.8. The van der Waals surface area contributed by atoms with E-state index in [1.165, 1.54) is 12.8 Å². The third kappa shape index (κ3) is 3.95. The molecule has 0 bridgehead atoms. The Bertz CT molecular complexity index is 445. The van der Waals surface area contributed by atoms with Crippen LogP contribution in [0.1, 0.15) is 43.2 Å². The van der Waals surface area contributed by atoms with E-state index in [-0.39, 0.29) is 18.0 Å². The summed E-state index contributed by atoms with van der Waals surface area (Å²) in [6.07, 6.45) is 5.19. The van der Waals surface area contributed by atoms with Crippen LogP contribution < -0.4 is 11.1 Å². The van der Waals surface area contributed by atoms with E-state index >= 15 is 0 Å². The number of nitrogens with two attached hydrogens (primary N) is 1. The molecule has 1 aromatic carbocycles. The summed E-state index contributed by atoms with van der Waals surface area (Å²) in [4.78, 5) is 0. The molecule has 1 aliphatic carbocycles. The van der Waals surface area contributed by atoms with Crippen molar-refractivity contribution in [1.82, 2.24) is 5.32 Å². The first-order valence-electron chi connectivity index (χ1n) is 7.19. The molecule has 0 spiro atoms. The molecule has 5 N–H and O–H groups in total. The van der Waals surface area contributed by atoms with Crippen LogP contribution in [0.5, 0.6) is 0 Å². The predicted molar refractivity (Wildman–Crippen MR) is 78.7 cm³/mol. The van der Waals surface area contributed by atoms with Gasteiger partial charge in [0.1, 0.15) is 0 Å². The van der Waals surface area contributed by atoms with Gasteiger partial charge in [0.2, 0.25) is 0 Å². The summed E-state index contributed by atoms with van der Waals surface area (Å²) >= 11 is 0. The molecule has 1 aliphatic rings. The van der Waals surface area contributed by atoms with Crippen LogP contribution in [0.3, 0.4) is 0 Å². The summed E-state index contributed by atoms with van der Waals surface area (Å²) in [5.74, 6) is 0.115. The minimum absolute atomic E-state index is 0.115. The summed E-state index contributed by atoms with van der Waals surface area (Å²) in [5.41, 5.74) is 7.34. The third-order valence-electron chi connectivity index (χ3n) is 3.91. The Labute approximate surface area is 119 Å². The number of benzene rings is 1. The summed E-state index contributed by atoms with van der Waals surface area (Å²) in [6.45, 7) is 0.720. The minimum atomic E-state index is -0.242. The molecule has 0 aliphatic heterocycles. The minimum Gasteiger partial charge on any atom is -0.409 e. The number of oxime groups is 1. The monoisotopic (exact) mass is 277 g/mol.